The molecule has 0 radical (unpaired) electrons. The van der Waals surface area contributed by atoms with E-state index in [-0.39, 0.29) is 0 Å². The SMILES string of the molecule is CCn1nc2ccc(C)nc2c1-c1cc(Cl)c2[nH]ncc2c1. The number of hydrogen-bond donors (Lipinski definition) is 1. The van der Waals surface area contributed by atoms with Crippen molar-refractivity contribution in [3.63, 3.8) is 0 Å². The predicted molar refractivity (Wildman–Crippen MR) is 88.0 cm³/mol. The molecule has 1 N–H and O–H groups in total. The molecule has 3 heterocycles. The highest BCUT2D eigenvalue weighted by Gasteiger charge is 2.16. The summed E-state index contributed by atoms with van der Waals surface area (Å²) in [5, 5.41) is 13.2. The van der Waals surface area contributed by atoms with E-state index in [1.54, 1.807) is 6.20 Å². The Labute approximate surface area is 131 Å². The summed E-state index contributed by atoms with van der Waals surface area (Å²) in [4.78, 5) is 4.67. The van der Waals surface area contributed by atoms with Gasteiger partial charge in [0.05, 0.1) is 22.4 Å². The number of halogens is 1. The molecule has 0 aliphatic rings. The van der Waals surface area contributed by atoms with Crippen molar-refractivity contribution in [2.45, 2.75) is 20.4 Å². The lowest BCUT2D eigenvalue weighted by atomic mass is 10.1. The normalized spacial score (nSPS) is 11.6. The fraction of sp³-hybridized carbons (Fsp3) is 0.188. The van der Waals surface area contributed by atoms with E-state index in [0.717, 1.165) is 45.4 Å². The fourth-order valence-corrected chi connectivity index (χ4v) is 3.04. The van der Waals surface area contributed by atoms with Crippen LogP contribution in [-0.4, -0.2) is 25.0 Å². The minimum absolute atomic E-state index is 0.648. The molecule has 0 bridgehead atoms. The molecule has 0 saturated heterocycles. The quantitative estimate of drug-likeness (QED) is 0.609. The smallest absolute Gasteiger partial charge is 0.117 e. The van der Waals surface area contributed by atoms with Crippen LogP contribution in [0.25, 0.3) is 33.2 Å². The van der Waals surface area contributed by atoms with Crippen LogP contribution in [-0.2, 0) is 6.54 Å². The molecule has 0 unspecified atom stereocenters. The van der Waals surface area contributed by atoms with Crippen LogP contribution >= 0.6 is 11.6 Å². The molecule has 22 heavy (non-hydrogen) atoms. The van der Waals surface area contributed by atoms with Crippen molar-refractivity contribution in [1.29, 1.82) is 0 Å². The molecule has 0 atom stereocenters. The van der Waals surface area contributed by atoms with E-state index in [1.807, 2.05) is 29.8 Å². The third-order valence-electron chi connectivity index (χ3n) is 3.80. The second-order valence-corrected chi connectivity index (χ2v) is 5.68. The summed E-state index contributed by atoms with van der Waals surface area (Å²) in [6.45, 7) is 4.82. The zero-order valence-corrected chi connectivity index (χ0v) is 13.0. The van der Waals surface area contributed by atoms with Crippen LogP contribution in [0.1, 0.15) is 12.6 Å². The highest BCUT2D eigenvalue weighted by Crippen LogP contribution is 2.33. The lowest BCUT2D eigenvalue weighted by molar-refractivity contribution is 0.675. The number of rotatable bonds is 2. The van der Waals surface area contributed by atoms with Crippen LogP contribution in [0.2, 0.25) is 5.02 Å². The number of benzene rings is 1. The number of H-pyrrole nitrogens is 1. The first kappa shape index (κ1) is 13.3. The van der Waals surface area contributed by atoms with Crippen molar-refractivity contribution in [2.24, 2.45) is 0 Å². The second-order valence-electron chi connectivity index (χ2n) is 5.28. The number of nitrogens with one attached hydrogen (secondary N) is 1. The number of aryl methyl sites for hydroxylation is 2. The molecule has 4 aromatic rings. The third kappa shape index (κ3) is 1.89. The van der Waals surface area contributed by atoms with Crippen LogP contribution in [0, 0.1) is 6.92 Å². The molecule has 6 heteroatoms. The van der Waals surface area contributed by atoms with Gasteiger partial charge >= 0.3 is 0 Å². The van der Waals surface area contributed by atoms with Crippen molar-refractivity contribution in [1.82, 2.24) is 25.0 Å². The van der Waals surface area contributed by atoms with Crippen LogP contribution < -0.4 is 0 Å². The van der Waals surface area contributed by atoms with Crippen molar-refractivity contribution in [3.8, 4) is 11.3 Å². The molecule has 0 saturated carbocycles. The Morgan fingerprint density at radius 3 is 2.95 bits per heavy atom. The van der Waals surface area contributed by atoms with Gasteiger partial charge in [0.1, 0.15) is 11.0 Å². The number of pyridine rings is 1. The van der Waals surface area contributed by atoms with Crippen LogP contribution in [0.3, 0.4) is 0 Å². The highest BCUT2D eigenvalue weighted by atomic mass is 35.5. The predicted octanol–water partition coefficient (Wildman–Crippen LogP) is 3.96. The first-order chi connectivity index (χ1) is 10.7. The molecule has 110 valence electrons. The van der Waals surface area contributed by atoms with E-state index >= 15 is 0 Å². The summed E-state index contributed by atoms with van der Waals surface area (Å²) in [5.41, 5.74) is 5.61. The maximum absolute atomic E-state index is 6.38. The van der Waals surface area contributed by atoms with Crippen molar-refractivity contribution < 1.29 is 0 Å². The van der Waals surface area contributed by atoms with Gasteiger partial charge in [0.2, 0.25) is 0 Å². The molecule has 4 rings (SSSR count). The van der Waals surface area contributed by atoms with Gasteiger partial charge in [0, 0.05) is 23.2 Å². The Hall–Kier alpha value is -2.40. The average Bonchev–Trinajstić information content (AvgIpc) is 3.10. The molecule has 0 aliphatic heterocycles. The van der Waals surface area contributed by atoms with Gasteiger partial charge in [-0.3, -0.25) is 9.78 Å². The summed E-state index contributed by atoms with van der Waals surface area (Å²) in [7, 11) is 0. The lowest BCUT2D eigenvalue weighted by Crippen LogP contribution is -1.99. The summed E-state index contributed by atoms with van der Waals surface area (Å²) in [6.07, 6.45) is 1.78. The van der Waals surface area contributed by atoms with E-state index in [2.05, 4.69) is 33.3 Å². The van der Waals surface area contributed by atoms with Gasteiger partial charge in [-0.2, -0.15) is 10.2 Å². The fourth-order valence-electron chi connectivity index (χ4n) is 2.77. The molecule has 1 aromatic carbocycles. The van der Waals surface area contributed by atoms with E-state index in [0.29, 0.717) is 5.02 Å². The van der Waals surface area contributed by atoms with Crippen molar-refractivity contribution in [2.75, 3.05) is 0 Å². The van der Waals surface area contributed by atoms with Gasteiger partial charge < -0.3 is 0 Å². The highest BCUT2D eigenvalue weighted by molar-refractivity contribution is 6.35. The zero-order chi connectivity index (χ0) is 15.3. The van der Waals surface area contributed by atoms with E-state index < -0.39 is 0 Å². The van der Waals surface area contributed by atoms with Gasteiger partial charge in [-0.05, 0) is 38.1 Å². The Morgan fingerprint density at radius 1 is 1.27 bits per heavy atom. The molecule has 0 amide bonds. The molecular weight excluding hydrogens is 298 g/mol. The Kier molecular flexibility index (Phi) is 2.90. The Bertz CT molecular complexity index is 999. The minimum atomic E-state index is 0.648. The Morgan fingerprint density at radius 2 is 2.14 bits per heavy atom. The molecule has 3 aromatic heterocycles. The zero-order valence-electron chi connectivity index (χ0n) is 12.3. The van der Waals surface area contributed by atoms with Gasteiger partial charge in [-0.25, -0.2) is 4.98 Å². The Balaban J connectivity index is 2.07. The molecule has 0 aliphatic carbocycles. The largest absolute Gasteiger partial charge is 0.276 e. The van der Waals surface area contributed by atoms with Gasteiger partial charge in [-0.1, -0.05) is 11.6 Å². The lowest BCUT2D eigenvalue weighted by Gasteiger charge is -2.06. The molecule has 0 fully saturated rings. The monoisotopic (exact) mass is 311 g/mol. The summed E-state index contributed by atoms with van der Waals surface area (Å²) in [5.74, 6) is 0. The first-order valence-corrected chi connectivity index (χ1v) is 7.52. The first-order valence-electron chi connectivity index (χ1n) is 7.14. The molecule has 0 spiro atoms. The number of hydrogen-bond acceptors (Lipinski definition) is 3. The number of fused-ring (bicyclic) bond motifs is 2. The van der Waals surface area contributed by atoms with Crippen LogP contribution in [0.4, 0.5) is 0 Å². The van der Waals surface area contributed by atoms with Crippen molar-refractivity contribution >= 4 is 33.5 Å². The third-order valence-corrected chi connectivity index (χ3v) is 4.10. The standard InChI is InChI=1S/C16H14ClN5/c1-3-22-16(15-13(21-22)5-4-9(2)19-15)10-6-11-8-18-20-14(11)12(17)7-10/h4-8H,3H2,1-2H3,(H,18,20). The van der Waals surface area contributed by atoms with E-state index in [1.165, 1.54) is 0 Å². The van der Waals surface area contributed by atoms with Crippen molar-refractivity contribution in [3.05, 3.63) is 41.2 Å². The minimum Gasteiger partial charge on any atom is -0.276 e. The maximum Gasteiger partial charge on any atom is 0.117 e. The molecule has 5 nitrogen and oxygen atoms in total. The van der Waals surface area contributed by atoms with E-state index in [4.69, 9.17) is 11.6 Å². The van der Waals surface area contributed by atoms with Crippen LogP contribution in [0.5, 0.6) is 0 Å². The number of aromatic nitrogens is 5. The van der Waals surface area contributed by atoms with Gasteiger partial charge in [0.25, 0.3) is 0 Å². The average molecular weight is 312 g/mol. The summed E-state index contributed by atoms with van der Waals surface area (Å²) in [6, 6.07) is 7.99. The molecular formula is C16H14ClN5. The van der Waals surface area contributed by atoms with Gasteiger partial charge in [0.15, 0.2) is 0 Å². The van der Waals surface area contributed by atoms with E-state index in [9.17, 15) is 0 Å². The summed E-state index contributed by atoms with van der Waals surface area (Å²) >= 11 is 6.38. The topological polar surface area (TPSA) is 59.4 Å². The maximum atomic E-state index is 6.38. The second kappa shape index (κ2) is 4.81. The number of nitrogens with zero attached hydrogens (tertiary/aromatic N) is 4. The summed E-state index contributed by atoms with van der Waals surface area (Å²) < 4.78 is 1.97. The van der Waals surface area contributed by atoms with Crippen LogP contribution in [0.15, 0.2) is 30.5 Å². The number of aromatic amines is 1. The van der Waals surface area contributed by atoms with Gasteiger partial charge in [-0.15, -0.1) is 0 Å².